The van der Waals surface area contributed by atoms with E-state index in [1.54, 1.807) is 0 Å². The standard InChI is InChI=1S/C6H13NO3S/c1-7(2)11(9,10)6-3-5(8)4-6/h5-6,8H,3-4H2,1-2H3/t5-,6+. The number of nitrogens with zero attached hydrogens (tertiary/aromatic N) is 1. The second-order valence-corrected chi connectivity index (χ2v) is 5.50. The molecule has 0 heterocycles. The summed E-state index contributed by atoms with van der Waals surface area (Å²) in [5.74, 6) is 0. The first-order valence-corrected chi connectivity index (χ1v) is 5.04. The van der Waals surface area contributed by atoms with Crippen LogP contribution in [0, 0.1) is 0 Å². The molecule has 0 spiro atoms. The zero-order valence-corrected chi connectivity index (χ0v) is 7.50. The normalized spacial score (nSPS) is 32.0. The first kappa shape index (κ1) is 8.96. The van der Waals surface area contributed by atoms with E-state index in [0.717, 1.165) is 0 Å². The Morgan fingerprint density at radius 3 is 2.09 bits per heavy atom. The van der Waals surface area contributed by atoms with Gasteiger partial charge in [-0.2, -0.15) is 0 Å². The van der Waals surface area contributed by atoms with Gasteiger partial charge in [0, 0.05) is 14.1 Å². The van der Waals surface area contributed by atoms with Crippen molar-refractivity contribution in [3.63, 3.8) is 0 Å². The van der Waals surface area contributed by atoms with E-state index in [1.165, 1.54) is 18.4 Å². The number of sulfonamides is 1. The number of aliphatic hydroxyl groups excluding tert-OH is 1. The fraction of sp³-hybridized carbons (Fsp3) is 1.00. The van der Waals surface area contributed by atoms with Gasteiger partial charge in [-0.15, -0.1) is 0 Å². The number of rotatable bonds is 2. The van der Waals surface area contributed by atoms with Crippen molar-refractivity contribution in [1.29, 1.82) is 0 Å². The highest BCUT2D eigenvalue weighted by Gasteiger charge is 2.38. The first-order valence-electron chi connectivity index (χ1n) is 3.54. The van der Waals surface area contributed by atoms with Gasteiger partial charge in [-0.25, -0.2) is 12.7 Å². The predicted molar refractivity (Wildman–Crippen MR) is 41.6 cm³/mol. The Morgan fingerprint density at radius 2 is 1.82 bits per heavy atom. The van der Waals surface area contributed by atoms with Crippen molar-refractivity contribution in [2.24, 2.45) is 0 Å². The molecule has 1 saturated carbocycles. The molecule has 0 aromatic rings. The molecule has 1 rings (SSSR count). The molecule has 0 aromatic carbocycles. The minimum atomic E-state index is -3.10. The van der Waals surface area contributed by atoms with Crippen molar-refractivity contribution >= 4 is 10.0 Å². The molecule has 0 aromatic heterocycles. The lowest BCUT2D eigenvalue weighted by Crippen LogP contribution is -2.44. The largest absolute Gasteiger partial charge is 0.393 e. The summed E-state index contributed by atoms with van der Waals surface area (Å²) in [6, 6.07) is 0. The molecule has 11 heavy (non-hydrogen) atoms. The van der Waals surface area contributed by atoms with Crippen LogP contribution in [-0.4, -0.2) is 43.3 Å². The molecule has 0 bridgehead atoms. The molecule has 5 heteroatoms. The fourth-order valence-electron chi connectivity index (χ4n) is 1.08. The number of hydrogen-bond donors (Lipinski definition) is 1. The van der Waals surface area contributed by atoms with Gasteiger partial charge in [0.15, 0.2) is 0 Å². The van der Waals surface area contributed by atoms with Crippen molar-refractivity contribution in [1.82, 2.24) is 4.31 Å². The molecule has 1 N–H and O–H groups in total. The fourth-order valence-corrected chi connectivity index (χ4v) is 2.61. The molecule has 0 amide bonds. The lowest BCUT2D eigenvalue weighted by atomic mass is 9.96. The third-order valence-corrected chi connectivity index (χ3v) is 4.25. The van der Waals surface area contributed by atoms with E-state index >= 15 is 0 Å². The van der Waals surface area contributed by atoms with Crippen molar-refractivity contribution in [3.05, 3.63) is 0 Å². The van der Waals surface area contributed by atoms with Gasteiger partial charge in [0.25, 0.3) is 0 Å². The van der Waals surface area contributed by atoms with Crippen LogP contribution in [0.4, 0.5) is 0 Å². The van der Waals surface area contributed by atoms with E-state index in [9.17, 15) is 8.42 Å². The van der Waals surface area contributed by atoms with E-state index < -0.39 is 16.1 Å². The average molecular weight is 179 g/mol. The van der Waals surface area contributed by atoms with Gasteiger partial charge < -0.3 is 5.11 Å². The Kier molecular flexibility index (Phi) is 2.22. The van der Waals surface area contributed by atoms with Crippen molar-refractivity contribution < 1.29 is 13.5 Å². The van der Waals surface area contributed by atoms with Gasteiger partial charge in [-0.3, -0.25) is 0 Å². The molecule has 0 atom stereocenters. The minimum absolute atomic E-state index is 0.354. The van der Waals surface area contributed by atoms with E-state index in [2.05, 4.69) is 0 Å². The molecule has 0 radical (unpaired) electrons. The SMILES string of the molecule is CN(C)S(=O)(=O)[C@H]1C[C@@H](O)C1. The summed E-state index contributed by atoms with van der Waals surface area (Å²) in [7, 11) is -0.0719. The van der Waals surface area contributed by atoms with E-state index in [4.69, 9.17) is 5.11 Å². The highest BCUT2D eigenvalue weighted by molar-refractivity contribution is 7.89. The molecule has 1 aliphatic carbocycles. The maximum atomic E-state index is 11.3. The predicted octanol–water partition coefficient (Wildman–Crippen LogP) is -0.599. The summed E-state index contributed by atoms with van der Waals surface area (Å²) in [4.78, 5) is 0. The quantitative estimate of drug-likeness (QED) is 0.616. The molecule has 1 aliphatic rings. The Hall–Kier alpha value is -0.130. The highest BCUT2D eigenvalue weighted by Crippen LogP contribution is 2.27. The molecule has 0 aliphatic heterocycles. The monoisotopic (exact) mass is 179 g/mol. The van der Waals surface area contributed by atoms with Gasteiger partial charge in [0.05, 0.1) is 11.4 Å². The summed E-state index contributed by atoms with van der Waals surface area (Å²) >= 11 is 0. The van der Waals surface area contributed by atoms with Crippen LogP contribution in [0.5, 0.6) is 0 Å². The highest BCUT2D eigenvalue weighted by atomic mass is 32.2. The number of aliphatic hydroxyl groups is 1. The van der Waals surface area contributed by atoms with E-state index in [-0.39, 0.29) is 5.25 Å². The maximum absolute atomic E-state index is 11.3. The zero-order valence-electron chi connectivity index (χ0n) is 6.69. The average Bonchev–Trinajstić information content (AvgIpc) is 1.80. The minimum Gasteiger partial charge on any atom is -0.393 e. The van der Waals surface area contributed by atoms with Gasteiger partial charge in [0.2, 0.25) is 10.0 Å². The van der Waals surface area contributed by atoms with Crippen LogP contribution in [0.15, 0.2) is 0 Å². The zero-order chi connectivity index (χ0) is 8.65. The molecular weight excluding hydrogens is 166 g/mol. The summed E-state index contributed by atoms with van der Waals surface area (Å²) in [5, 5.41) is 8.53. The summed E-state index contributed by atoms with van der Waals surface area (Å²) in [6.07, 6.45) is 0.371. The molecule has 4 nitrogen and oxygen atoms in total. The van der Waals surface area contributed by atoms with Crippen LogP contribution < -0.4 is 0 Å². The second-order valence-electron chi connectivity index (χ2n) is 3.07. The van der Waals surface area contributed by atoms with Crippen molar-refractivity contribution in [3.8, 4) is 0 Å². The van der Waals surface area contributed by atoms with E-state index in [0.29, 0.717) is 12.8 Å². The Bertz CT molecular complexity index is 228. The van der Waals surface area contributed by atoms with Crippen molar-refractivity contribution in [2.45, 2.75) is 24.2 Å². The summed E-state index contributed by atoms with van der Waals surface area (Å²) in [6.45, 7) is 0. The number of hydrogen-bond acceptors (Lipinski definition) is 3. The van der Waals surface area contributed by atoms with Crippen LogP contribution in [0.3, 0.4) is 0 Å². The Balaban J connectivity index is 2.62. The third-order valence-electron chi connectivity index (χ3n) is 2.00. The molecule has 0 saturated heterocycles. The van der Waals surface area contributed by atoms with Crippen LogP contribution in [0.2, 0.25) is 0 Å². The molecular formula is C6H13NO3S. The van der Waals surface area contributed by atoms with E-state index in [1.807, 2.05) is 0 Å². The van der Waals surface area contributed by atoms with Crippen LogP contribution in [0.25, 0.3) is 0 Å². The Morgan fingerprint density at radius 1 is 1.36 bits per heavy atom. The van der Waals surface area contributed by atoms with Crippen LogP contribution >= 0.6 is 0 Å². The summed E-state index contributed by atoms with van der Waals surface area (Å²) < 4.78 is 23.8. The lowest BCUT2D eigenvalue weighted by molar-refractivity contribution is 0.0963. The topological polar surface area (TPSA) is 57.6 Å². The lowest BCUT2D eigenvalue weighted by Gasteiger charge is -2.32. The maximum Gasteiger partial charge on any atom is 0.216 e. The van der Waals surface area contributed by atoms with Crippen LogP contribution in [-0.2, 0) is 10.0 Å². The molecule has 66 valence electrons. The second kappa shape index (κ2) is 2.73. The van der Waals surface area contributed by atoms with Gasteiger partial charge >= 0.3 is 0 Å². The van der Waals surface area contributed by atoms with Crippen molar-refractivity contribution in [2.75, 3.05) is 14.1 Å². The van der Waals surface area contributed by atoms with Crippen LogP contribution in [0.1, 0.15) is 12.8 Å². The van der Waals surface area contributed by atoms with Gasteiger partial charge in [-0.1, -0.05) is 0 Å². The molecule has 0 unspecified atom stereocenters. The smallest absolute Gasteiger partial charge is 0.216 e. The van der Waals surface area contributed by atoms with Gasteiger partial charge in [0.1, 0.15) is 0 Å². The van der Waals surface area contributed by atoms with Gasteiger partial charge in [-0.05, 0) is 12.8 Å². The Labute approximate surface area is 66.9 Å². The molecule has 1 fully saturated rings. The first-order chi connectivity index (χ1) is 4.94. The summed E-state index contributed by atoms with van der Waals surface area (Å²) in [5.41, 5.74) is 0. The third kappa shape index (κ3) is 1.55.